The highest BCUT2D eigenvalue weighted by Gasteiger charge is 2.36. The third-order valence-electron chi connectivity index (χ3n) is 11.5. The zero-order valence-corrected chi connectivity index (χ0v) is 45.1. The molecule has 0 aliphatic rings. The van der Waals surface area contributed by atoms with Crippen molar-refractivity contribution in [2.45, 2.75) is 168 Å². The van der Waals surface area contributed by atoms with Crippen molar-refractivity contribution in [2.24, 2.45) is 62.3 Å². The van der Waals surface area contributed by atoms with Gasteiger partial charge < -0.3 is 76.3 Å². The van der Waals surface area contributed by atoms with Crippen LogP contribution in [0, 0.1) is 23.7 Å². The van der Waals surface area contributed by atoms with Gasteiger partial charge in [-0.15, -0.1) is 0 Å². The average Bonchev–Trinajstić information content (AvgIpc) is 3.30. The molecule has 0 rings (SSSR count). The molecule has 0 saturated carbocycles. The fraction of sp³-hybridized carbons (Fsp3) is 0.756. The van der Waals surface area contributed by atoms with Gasteiger partial charge in [0, 0.05) is 24.6 Å². The van der Waals surface area contributed by atoms with Crippen LogP contribution >= 0.6 is 25.3 Å². The molecular weight excluding hydrogens is 975 g/mol. The van der Waals surface area contributed by atoms with Crippen molar-refractivity contribution in [1.29, 1.82) is 0 Å². The summed E-state index contributed by atoms with van der Waals surface area (Å²) < 4.78 is 0. The topological polar surface area (TPSA) is 425 Å². The van der Waals surface area contributed by atoms with Crippen molar-refractivity contribution in [2.75, 3.05) is 24.6 Å². The van der Waals surface area contributed by atoms with E-state index in [1.807, 2.05) is 20.8 Å². The van der Waals surface area contributed by atoms with Crippen molar-refractivity contribution in [3.63, 3.8) is 0 Å². The number of aliphatic imine (C=N–C) groups is 2. The Morgan fingerprint density at radius 2 is 0.819 bits per heavy atom. The van der Waals surface area contributed by atoms with Crippen LogP contribution in [-0.2, 0) is 43.2 Å². The van der Waals surface area contributed by atoms with Gasteiger partial charge >= 0.3 is 5.97 Å². The van der Waals surface area contributed by atoms with Gasteiger partial charge in [-0.05, 0) is 69.1 Å². The van der Waals surface area contributed by atoms with Crippen LogP contribution in [0.2, 0.25) is 0 Å². The van der Waals surface area contributed by atoms with Gasteiger partial charge in [0.05, 0.1) is 6.04 Å². The number of rotatable bonds is 35. The summed E-state index contributed by atoms with van der Waals surface area (Å²) in [5.41, 5.74) is 27.8. The monoisotopic (exact) mass is 1060 g/mol. The molecule has 0 aliphatic heterocycles. The lowest BCUT2D eigenvalue weighted by Crippen LogP contribution is -2.61. The highest BCUT2D eigenvalue weighted by molar-refractivity contribution is 7.80. The first-order chi connectivity index (χ1) is 33.6. The largest absolute Gasteiger partial charge is 0.480 e. The molecule has 0 aliphatic carbocycles. The minimum Gasteiger partial charge on any atom is -0.480 e. The maximum Gasteiger partial charge on any atom is 0.327 e. The van der Waals surface area contributed by atoms with E-state index in [1.165, 1.54) is 6.92 Å². The average molecular weight is 1060 g/mol. The number of thiol groups is 2. The third-order valence-corrected chi connectivity index (χ3v) is 12.3. The van der Waals surface area contributed by atoms with Crippen molar-refractivity contribution < 1.29 is 48.3 Å². The van der Waals surface area contributed by atoms with E-state index in [9.17, 15) is 48.3 Å². The van der Waals surface area contributed by atoms with Crippen LogP contribution in [0.15, 0.2) is 9.98 Å². The van der Waals surface area contributed by atoms with Crippen LogP contribution in [0.3, 0.4) is 0 Å². The molecule has 72 heavy (non-hydrogen) atoms. The molecule has 25 nitrogen and oxygen atoms in total. The first kappa shape index (κ1) is 66.4. The molecule has 0 aromatic carbocycles. The van der Waals surface area contributed by atoms with Gasteiger partial charge in [0.25, 0.3) is 0 Å². The maximum atomic E-state index is 14.1. The molecule has 0 aromatic rings. The van der Waals surface area contributed by atoms with E-state index in [-0.39, 0.29) is 92.8 Å². The number of hydrogen-bond donors (Lipinski definition) is 16. The molecule has 412 valence electrons. The van der Waals surface area contributed by atoms with Gasteiger partial charge in [-0.1, -0.05) is 68.2 Å². The number of carboxylic acid groups (broad SMARTS) is 1. The zero-order chi connectivity index (χ0) is 55.4. The summed E-state index contributed by atoms with van der Waals surface area (Å²) in [5, 5.41) is 30.5. The molecule has 27 heteroatoms. The Bertz CT molecular complexity index is 1850. The number of carboxylic acids is 1. The quantitative estimate of drug-likeness (QED) is 0.0134. The number of guanidine groups is 2. The summed E-state index contributed by atoms with van der Waals surface area (Å²) in [4.78, 5) is 129. The molecule has 0 unspecified atom stereocenters. The van der Waals surface area contributed by atoms with Crippen molar-refractivity contribution in [3.05, 3.63) is 0 Å². The Morgan fingerprint density at radius 3 is 1.19 bits per heavy atom. The second-order valence-electron chi connectivity index (χ2n) is 18.7. The summed E-state index contributed by atoms with van der Waals surface area (Å²) in [6, 6.07) is -10.9. The van der Waals surface area contributed by atoms with Crippen LogP contribution in [0.4, 0.5) is 0 Å². The Kier molecular flexibility index (Phi) is 32.0. The van der Waals surface area contributed by atoms with Gasteiger partial charge in [-0.25, -0.2) is 4.79 Å². The van der Waals surface area contributed by atoms with Crippen molar-refractivity contribution >= 4 is 90.4 Å². The number of nitrogens with one attached hydrogen (secondary N) is 8. The van der Waals surface area contributed by atoms with E-state index in [2.05, 4.69) is 77.8 Å². The summed E-state index contributed by atoms with van der Waals surface area (Å²) >= 11 is 8.07. The molecule has 0 spiro atoms. The zero-order valence-electron chi connectivity index (χ0n) is 43.3. The number of aliphatic carboxylic acids is 1. The minimum absolute atomic E-state index is 0.0256. The van der Waals surface area contributed by atoms with E-state index in [0.717, 1.165) is 0 Å². The molecule has 0 aromatic heterocycles. The van der Waals surface area contributed by atoms with Crippen molar-refractivity contribution in [3.8, 4) is 0 Å². The lowest BCUT2D eigenvalue weighted by molar-refractivity contribution is -0.142. The highest BCUT2D eigenvalue weighted by Crippen LogP contribution is 2.14. The number of nitrogens with two attached hydrogens (primary N) is 5. The van der Waals surface area contributed by atoms with Gasteiger partial charge in [0.15, 0.2) is 11.9 Å². The first-order valence-electron chi connectivity index (χ1n) is 24.4. The van der Waals surface area contributed by atoms with Gasteiger partial charge in [0.2, 0.25) is 47.3 Å². The number of carbonyl (C=O) groups is 9. The van der Waals surface area contributed by atoms with Crippen LogP contribution in [0.25, 0.3) is 0 Å². The van der Waals surface area contributed by atoms with E-state index >= 15 is 0 Å². The number of nitrogens with zero attached hydrogens (tertiary/aromatic N) is 2. The molecule has 8 amide bonds. The summed E-state index contributed by atoms with van der Waals surface area (Å²) in [7, 11) is 0. The molecule has 11 atom stereocenters. The van der Waals surface area contributed by atoms with Crippen molar-refractivity contribution in [1.82, 2.24) is 42.5 Å². The predicted octanol–water partition coefficient (Wildman–Crippen LogP) is -2.55. The first-order valence-corrected chi connectivity index (χ1v) is 25.6. The fourth-order valence-corrected chi connectivity index (χ4v) is 7.29. The maximum absolute atomic E-state index is 14.1. The van der Waals surface area contributed by atoms with Gasteiger partial charge in [-0.2, -0.15) is 25.3 Å². The van der Waals surface area contributed by atoms with Crippen LogP contribution in [0.5, 0.6) is 0 Å². The molecule has 0 fully saturated rings. The number of carbonyl (C=O) groups excluding carboxylic acids is 8. The fourth-order valence-electron chi connectivity index (χ4n) is 6.88. The lowest BCUT2D eigenvalue weighted by Gasteiger charge is -2.29. The molecule has 0 radical (unpaired) electrons. The Balaban J connectivity index is 6.71. The molecule has 0 saturated heterocycles. The molecule has 0 bridgehead atoms. The number of amides is 8. The second-order valence-corrected chi connectivity index (χ2v) is 19.5. The van der Waals surface area contributed by atoms with Gasteiger partial charge in [0.1, 0.15) is 48.3 Å². The molecular formula is C45H85N15O10S2. The Morgan fingerprint density at radius 1 is 0.472 bits per heavy atom. The highest BCUT2D eigenvalue weighted by atomic mass is 32.1. The number of hydrogen-bond acceptors (Lipinski definition) is 14. The van der Waals surface area contributed by atoms with E-state index in [4.69, 9.17) is 28.7 Å². The predicted molar refractivity (Wildman–Crippen MR) is 282 cm³/mol. The summed E-state index contributed by atoms with van der Waals surface area (Å²) in [6.07, 6.45) is 1.45. The summed E-state index contributed by atoms with van der Waals surface area (Å²) in [5.74, 6) is -8.88. The van der Waals surface area contributed by atoms with E-state index < -0.39 is 114 Å². The standard InChI is InChI=1S/C45H85N15O10S2/c1-10-24(7)33(59-36(62)27(46)20-71)41(67)57-30(18-22(3)4)39(65)55-28(14-12-16-51-44(47)48)37(63)53-26(9)35(61)54-29(15-13-17-52-45(49)50)38(64)56-31(19-23(5)6)40(66)60-34(25(8)11-2)42(68)58-32(21-72)43(69)70/h22-34,71-72H,10-21,46H2,1-9H3,(H,53,63)(H,54,61)(H,55,65)(H,56,64)(H,57,67)(H,58,68)(H,59,62)(H,60,66)(H,69,70)(H4,47,48,51)(H4,49,50,52)/t24-,25-,26-,27-,28-,29-,30-,31-,32-,33-,34-/m0/s1. The van der Waals surface area contributed by atoms with Crippen LogP contribution in [0.1, 0.15) is 114 Å². The Labute approximate surface area is 434 Å². The third kappa shape index (κ3) is 25.7. The van der Waals surface area contributed by atoms with Crippen LogP contribution in [-0.4, -0.2) is 149 Å². The minimum atomic E-state index is -1.33. The summed E-state index contributed by atoms with van der Waals surface area (Å²) in [6.45, 7) is 15.8. The van der Waals surface area contributed by atoms with E-state index in [0.29, 0.717) is 12.8 Å². The Hall–Kier alpha value is -5.57. The molecule has 19 N–H and O–H groups in total. The second kappa shape index (κ2) is 34.7. The van der Waals surface area contributed by atoms with Gasteiger partial charge in [-0.3, -0.25) is 48.3 Å². The molecule has 0 heterocycles. The lowest BCUT2D eigenvalue weighted by atomic mass is 9.96. The SMILES string of the molecule is CC[C@H](C)[C@H](NC(=O)[C@H](CC(C)C)NC(=O)[C@H](CCCN=C(N)N)NC(=O)[C@H](C)NC(=O)[C@H](CCCN=C(N)N)NC(=O)[C@H](CC(C)C)NC(=O)[C@@H](NC(=O)[C@@H](N)CS)[C@@H](C)CC)C(=O)N[C@@H](CS)C(=O)O. The van der Waals surface area contributed by atoms with Crippen LogP contribution < -0.4 is 71.2 Å². The van der Waals surface area contributed by atoms with E-state index in [1.54, 1.807) is 34.6 Å². The smallest absolute Gasteiger partial charge is 0.327 e. The normalized spacial score (nSPS) is 15.8.